The Morgan fingerprint density at radius 2 is 1.92 bits per heavy atom. The van der Waals surface area contributed by atoms with Gasteiger partial charge in [-0.25, -0.2) is 24.4 Å². The maximum Gasteiger partial charge on any atom is 0.281 e. The smallest absolute Gasteiger partial charge is 0.281 e. The number of nitrogens with zero attached hydrogens (tertiary/aromatic N) is 2. The average molecular weight is 712 g/mol. The predicted octanol–water partition coefficient (Wildman–Crippen LogP) is 5.73. The molecule has 1 amide bonds. The summed E-state index contributed by atoms with van der Waals surface area (Å²) >= 11 is 0. The number of hydrogen-bond donors (Lipinski definition) is 1. The number of pyridine rings is 1. The van der Waals surface area contributed by atoms with Crippen molar-refractivity contribution in [3.63, 3.8) is 0 Å². The molecule has 0 spiro atoms. The van der Waals surface area contributed by atoms with Crippen molar-refractivity contribution in [1.82, 2.24) is 15.2 Å². The van der Waals surface area contributed by atoms with E-state index in [4.69, 9.17) is 18.9 Å². The number of hydrogen-bond acceptors (Lipinski definition) is 8. The Hall–Kier alpha value is -2.38. The first-order valence-electron chi connectivity index (χ1n) is 16.7. The monoisotopic (exact) mass is 711 g/mol. The van der Waals surface area contributed by atoms with Crippen LogP contribution in [-0.2, 0) is 43.5 Å². The van der Waals surface area contributed by atoms with Crippen molar-refractivity contribution in [2.75, 3.05) is 27.2 Å². The molecule has 263 valence electrons. The Morgan fingerprint density at radius 1 is 1.15 bits per heavy atom. The van der Waals surface area contributed by atoms with Crippen LogP contribution in [0.25, 0.3) is 10.9 Å². The summed E-state index contributed by atoms with van der Waals surface area (Å²) in [5, 5.41) is 3.10. The van der Waals surface area contributed by atoms with E-state index in [-0.39, 0.29) is 73.9 Å². The van der Waals surface area contributed by atoms with Gasteiger partial charge >= 0.3 is 0 Å². The van der Waals surface area contributed by atoms with E-state index >= 15 is 13.2 Å². The van der Waals surface area contributed by atoms with Crippen molar-refractivity contribution in [3.8, 4) is 11.6 Å². The third kappa shape index (κ3) is 7.24. The van der Waals surface area contributed by atoms with Crippen LogP contribution < -0.4 is 14.8 Å². The third-order valence-electron chi connectivity index (χ3n) is 10.6. The van der Waals surface area contributed by atoms with E-state index in [1.807, 2.05) is 27.1 Å². The normalized spacial score (nSPS) is 32.7. The van der Waals surface area contributed by atoms with Crippen LogP contribution in [0, 0.1) is 34.9 Å². The Balaban J connectivity index is 0.00000451. The van der Waals surface area contributed by atoms with Crippen LogP contribution in [0.2, 0.25) is 0 Å². The number of carbonyl (C=O) groups is 1. The molecule has 2 aliphatic heterocycles. The molecule has 13 heteroatoms. The van der Waals surface area contributed by atoms with Crippen LogP contribution in [0.3, 0.4) is 0 Å². The number of alkyl halides is 2. The largest absolute Gasteiger partial charge is 0.540 e. The molecule has 6 rings (SSSR count). The molecule has 8 atom stereocenters. The van der Waals surface area contributed by atoms with E-state index in [1.54, 1.807) is 6.92 Å². The number of fused-ring (bicyclic) bond motifs is 7. The second kappa shape index (κ2) is 14.5. The van der Waals surface area contributed by atoms with E-state index in [9.17, 15) is 9.59 Å². The molecular formula is C35H45F3N3O6V-. The summed E-state index contributed by atoms with van der Waals surface area (Å²) < 4.78 is 71.9. The number of aromatic nitrogens is 1. The fraction of sp³-hybridized carbons (Fsp3) is 0.686. The number of methoxy groups -OCH3 is 1. The molecule has 3 unspecified atom stereocenters. The molecule has 1 N–H and O–H groups in total. The molecule has 48 heavy (non-hydrogen) atoms. The van der Waals surface area contributed by atoms with E-state index in [0.29, 0.717) is 24.0 Å². The molecule has 2 bridgehead atoms. The summed E-state index contributed by atoms with van der Waals surface area (Å²) in [6, 6.07) is 2.55. The van der Waals surface area contributed by atoms with Gasteiger partial charge in [-0.3, -0.25) is 10.1 Å². The van der Waals surface area contributed by atoms with E-state index < -0.39 is 59.1 Å². The van der Waals surface area contributed by atoms with Crippen molar-refractivity contribution in [2.45, 2.75) is 96.4 Å². The fourth-order valence-corrected chi connectivity index (χ4v) is 7.87. The zero-order chi connectivity index (χ0) is 33.7. The second-order valence-electron chi connectivity index (χ2n) is 14.7. The van der Waals surface area contributed by atoms with Crippen LogP contribution >= 0.6 is 0 Å². The van der Waals surface area contributed by atoms with Gasteiger partial charge in [0, 0.05) is 36.4 Å². The number of amides is 1. The van der Waals surface area contributed by atoms with Crippen LogP contribution in [0.15, 0.2) is 18.2 Å². The van der Waals surface area contributed by atoms with Gasteiger partial charge in [0.05, 0.1) is 31.3 Å². The maximum atomic E-state index is 16.2. The number of halogens is 3. The first-order chi connectivity index (χ1) is 22.3. The molecule has 1 radical (unpaired) electrons. The summed E-state index contributed by atoms with van der Waals surface area (Å²) in [5.74, 6) is -4.53. The summed E-state index contributed by atoms with van der Waals surface area (Å²) in [7, 11) is 1.44. The zero-order valence-corrected chi connectivity index (χ0v) is 29.5. The van der Waals surface area contributed by atoms with Crippen molar-refractivity contribution >= 4 is 23.1 Å². The van der Waals surface area contributed by atoms with Gasteiger partial charge in [0.1, 0.15) is 36.8 Å². The Morgan fingerprint density at radius 3 is 2.62 bits per heavy atom. The molecule has 1 aromatic carbocycles. The molecule has 2 saturated carbocycles. The SMILES string of the molecule is COc1ccc2c(F)c3c(nc2c1)O[C@H]1CN(C(=O)[C@H](C(C)(C)C)NCOCO[C@@H]2CC4CC4[C@H]2CCCCC3(F)F)[C@H]([C-]=O)C1C.[V]. The molecule has 2 aliphatic carbocycles. The Kier molecular flexibility index (Phi) is 11.1. The standard InChI is InChI=1S/C35H45F3N3O6.V/c1-19-26(16-42)41-15-28(19)47-32-29(30(36)23-10-9-21(44-5)14-25(23)40-32)35(37,38)11-7-6-8-22-24-12-20(24)13-27(22)46-18-45-17-39-31(33(41)43)34(2,3)4;/h9-10,14,19-20,22,24,26-28,31,39H,6-8,11-13,15,17-18H2,1-5H3;/q-1;/t19?,20?,22-,24?,26-,27-,28+,31-;/m1./s1. The Labute approximate surface area is 291 Å². The molecule has 1 aromatic heterocycles. The quantitative estimate of drug-likeness (QED) is 0.395. The topological polar surface area (TPSA) is 99.2 Å². The molecular weight excluding hydrogens is 666 g/mol. The van der Waals surface area contributed by atoms with Crippen molar-refractivity contribution in [2.24, 2.45) is 29.1 Å². The number of rotatable bonds is 2. The van der Waals surface area contributed by atoms with Gasteiger partial charge in [-0.05, 0) is 66.9 Å². The summed E-state index contributed by atoms with van der Waals surface area (Å²) in [4.78, 5) is 32.0. The first kappa shape index (κ1) is 36.9. The van der Waals surface area contributed by atoms with E-state index in [1.165, 1.54) is 30.2 Å². The number of nitrogens with one attached hydrogen (secondary N) is 1. The molecule has 1 saturated heterocycles. The van der Waals surface area contributed by atoms with Gasteiger partial charge in [-0.15, -0.1) is 0 Å². The maximum absolute atomic E-state index is 16.2. The Bertz CT molecular complexity index is 1490. The minimum absolute atomic E-state index is 0. The van der Waals surface area contributed by atoms with Crippen molar-refractivity contribution in [3.05, 3.63) is 29.6 Å². The molecule has 2 aromatic rings. The van der Waals surface area contributed by atoms with Crippen LogP contribution in [0.4, 0.5) is 13.2 Å². The van der Waals surface area contributed by atoms with Gasteiger partial charge < -0.3 is 28.6 Å². The van der Waals surface area contributed by atoms with Gasteiger partial charge in [0.15, 0.2) is 0 Å². The fourth-order valence-electron chi connectivity index (χ4n) is 7.87. The molecule has 4 aliphatic rings. The predicted molar refractivity (Wildman–Crippen MR) is 167 cm³/mol. The molecule has 9 nitrogen and oxygen atoms in total. The third-order valence-corrected chi connectivity index (χ3v) is 10.6. The minimum Gasteiger partial charge on any atom is -0.540 e. The molecule has 3 heterocycles. The molecule has 3 fully saturated rings. The second-order valence-corrected chi connectivity index (χ2v) is 14.7. The average Bonchev–Trinajstić information content (AvgIpc) is 3.59. The van der Waals surface area contributed by atoms with E-state index in [2.05, 4.69) is 10.3 Å². The summed E-state index contributed by atoms with van der Waals surface area (Å²) in [6.45, 7) is 7.36. The number of ether oxygens (including phenoxy) is 4. The van der Waals surface area contributed by atoms with Crippen molar-refractivity contribution < 1.29 is 60.3 Å². The van der Waals surface area contributed by atoms with E-state index in [0.717, 1.165) is 19.3 Å². The van der Waals surface area contributed by atoms with Gasteiger partial charge in [0.2, 0.25) is 11.8 Å². The van der Waals surface area contributed by atoms with Gasteiger partial charge in [-0.2, -0.15) is 0 Å². The summed E-state index contributed by atoms with van der Waals surface area (Å²) in [5.41, 5.74) is -1.40. The van der Waals surface area contributed by atoms with Crippen LogP contribution in [0.5, 0.6) is 11.6 Å². The first-order valence-corrected chi connectivity index (χ1v) is 16.7. The van der Waals surface area contributed by atoms with Gasteiger partial charge in [-0.1, -0.05) is 40.2 Å². The van der Waals surface area contributed by atoms with Crippen LogP contribution in [0.1, 0.15) is 71.8 Å². The number of carbonyl (C=O) groups excluding carboxylic acids is 2. The summed E-state index contributed by atoms with van der Waals surface area (Å²) in [6.07, 6.45) is 3.92. The van der Waals surface area contributed by atoms with Gasteiger partial charge in [0.25, 0.3) is 5.92 Å². The van der Waals surface area contributed by atoms with Crippen molar-refractivity contribution in [1.29, 1.82) is 0 Å². The number of benzene rings is 1. The zero-order valence-electron chi connectivity index (χ0n) is 28.1. The van der Waals surface area contributed by atoms with Crippen LogP contribution in [-0.4, -0.2) is 73.5 Å². The minimum atomic E-state index is -3.60.